The third-order valence-corrected chi connectivity index (χ3v) is 3.46. The molecule has 0 aliphatic carbocycles. The maximum absolute atomic E-state index is 9.92. The van der Waals surface area contributed by atoms with Crippen LogP contribution < -0.4 is 5.32 Å². The van der Waals surface area contributed by atoms with E-state index >= 15 is 0 Å². The predicted octanol–water partition coefficient (Wildman–Crippen LogP) is 1.24. The summed E-state index contributed by atoms with van der Waals surface area (Å²) in [5, 5.41) is 22.9. The highest BCUT2D eigenvalue weighted by molar-refractivity contribution is 6.34. The van der Waals surface area contributed by atoms with Crippen LogP contribution in [0.25, 0.3) is 10.8 Å². The Labute approximate surface area is 114 Å². The molecule has 0 saturated carbocycles. The molecule has 1 aliphatic heterocycles. The summed E-state index contributed by atoms with van der Waals surface area (Å²) < 4.78 is 5.35. The van der Waals surface area contributed by atoms with Gasteiger partial charge in [-0.3, -0.25) is 4.98 Å². The number of aliphatic hydroxyl groups excluding tert-OH is 1. The van der Waals surface area contributed by atoms with Crippen molar-refractivity contribution in [2.24, 2.45) is 0 Å². The molecule has 3 heterocycles. The van der Waals surface area contributed by atoms with Crippen LogP contribution in [-0.4, -0.2) is 45.6 Å². The van der Waals surface area contributed by atoms with Gasteiger partial charge in [-0.1, -0.05) is 11.6 Å². The number of rotatable bonds is 2. The smallest absolute Gasteiger partial charge is 0.159 e. The highest BCUT2D eigenvalue weighted by Crippen LogP contribution is 2.26. The molecule has 0 spiro atoms. The monoisotopic (exact) mass is 280 g/mol. The van der Waals surface area contributed by atoms with Gasteiger partial charge in [0.2, 0.25) is 0 Å². The quantitative estimate of drug-likeness (QED) is 0.861. The molecular formula is C12H13ClN4O2. The second-order valence-corrected chi connectivity index (χ2v) is 4.80. The second-order valence-electron chi connectivity index (χ2n) is 4.44. The maximum Gasteiger partial charge on any atom is 0.159 e. The molecule has 100 valence electrons. The Balaban J connectivity index is 1.94. The first-order valence-electron chi connectivity index (χ1n) is 6.04. The largest absolute Gasteiger partial charge is 0.391 e. The van der Waals surface area contributed by atoms with E-state index in [0.29, 0.717) is 30.6 Å². The fourth-order valence-corrected chi connectivity index (χ4v) is 2.31. The zero-order chi connectivity index (χ0) is 13.2. The van der Waals surface area contributed by atoms with Gasteiger partial charge in [0.05, 0.1) is 18.8 Å². The van der Waals surface area contributed by atoms with Gasteiger partial charge in [0.25, 0.3) is 0 Å². The van der Waals surface area contributed by atoms with E-state index in [1.54, 1.807) is 18.5 Å². The van der Waals surface area contributed by atoms with Crippen molar-refractivity contribution in [1.82, 2.24) is 15.2 Å². The third kappa shape index (κ3) is 2.47. The number of anilines is 1. The summed E-state index contributed by atoms with van der Waals surface area (Å²) in [4.78, 5) is 4.07. The zero-order valence-corrected chi connectivity index (χ0v) is 10.8. The van der Waals surface area contributed by atoms with Crippen molar-refractivity contribution in [3.8, 4) is 0 Å². The highest BCUT2D eigenvalue weighted by atomic mass is 35.5. The molecule has 0 aromatic carbocycles. The molecule has 19 heavy (non-hydrogen) atoms. The van der Waals surface area contributed by atoms with Crippen LogP contribution in [0.5, 0.6) is 0 Å². The van der Waals surface area contributed by atoms with Crippen LogP contribution in [0.3, 0.4) is 0 Å². The molecule has 1 fully saturated rings. The highest BCUT2D eigenvalue weighted by Gasteiger charge is 2.24. The lowest BCUT2D eigenvalue weighted by Crippen LogP contribution is -2.42. The van der Waals surface area contributed by atoms with E-state index < -0.39 is 6.10 Å². The van der Waals surface area contributed by atoms with Gasteiger partial charge in [0.1, 0.15) is 0 Å². The number of nitrogens with one attached hydrogen (secondary N) is 1. The summed E-state index contributed by atoms with van der Waals surface area (Å²) in [5.41, 5.74) is 0. The van der Waals surface area contributed by atoms with Crippen LogP contribution in [0.2, 0.25) is 5.15 Å². The van der Waals surface area contributed by atoms with Crippen molar-refractivity contribution in [1.29, 1.82) is 0 Å². The molecule has 0 unspecified atom stereocenters. The number of aromatic nitrogens is 3. The number of fused-ring (bicyclic) bond motifs is 1. The molecule has 1 aliphatic rings. The molecule has 2 atom stereocenters. The Hall–Kier alpha value is -1.50. The average Bonchev–Trinajstić information content (AvgIpc) is 2.44. The SMILES string of the molecule is O[C@@H]1CCOC[C@H]1Nc1nnc(Cl)c2ccncc12. The van der Waals surface area contributed by atoms with E-state index in [1.807, 2.05) is 0 Å². The number of hydrogen-bond donors (Lipinski definition) is 2. The van der Waals surface area contributed by atoms with E-state index in [4.69, 9.17) is 16.3 Å². The van der Waals surface area contributed by atoms with Gasteiger partial charge >= 0.3 is 0 Å². The minimum atomic E-state index is -0.460. The zero-order valence-electron chi connectivity index (χ0n) is 10.1. The summed E-state index contributed by atoms with van der Waals surface area (Å²) in [6, 6.07) is 1.58. The van der Waals surface area contributed by atoms with Crippen molar-refractivity contribution in [2.75, 3.05) is 18.5 Å². The lowest BCUT2D eigenvalue weighted by Gasteiger charge is -2.28. The van der Waals surface area contributed by atoms with Crippen molar-refractivity contribution in [3.63, 3.8) is 0 Å². The Morgan fingerprint density at radius 2 is 2.26 bits per heavy atom. The molecule has 0 radical (unpaired) electrons. The van der Waals surface area contributed by atoms with E-state index in [-0.39, 0.29) is 6.04 Å². The van der Waals surface area contributed by atoms with Gasteiger partial charge < -0.3 is 15.2 Å². The fraction of sp³-hybridized carbons (Fsp3) is 0.417. The molecule has 3 rings (SSSR count). The van der Waals surface area contributed by atoms with Crippen molar-refractivity contribution >= 4 is 28.2 Å². The minimum absolute atomic E-state index is 0.201. The lowest BCUT2D eigenvalue weighted by atomic mass is 10.1. The van der Waals surface area contributed by atoms with Crippen LogP contribution in [0.1, 0.15) is 6.42 Å². The molecule has 0 bridgehead atoms. The summed E-state index contributed by atoms with van der Waals surface area (Å²) in [6.07, 6.45) is 3.47. The Morgan fingerprint density at radius 1 is 1.37 bits per heavy atom. The molecule has 6 nitrogen and oxygen atoms in total. The Kier molecular flexibility index (Phi) is 3.46. The lowest BCUT2D eigenvalue weighted by molar-refractivity contribution is 0.00307. The van der Waals surface area contributed by atoms with E-state index in [2.05, 4.69) is 20.5 Å². The molecular weight excluding hydrogens is 268 g/mol. The number of pyridine rings is 1. The number of aliphatic hydroxyl groups is 1. The van der Waals surface area contributed by atoms with Gasteiger partial charge in [-0.2, -0.15) is 0 Å². The molecule has 7 heteroatoms. The van der Waals surface area contributed by atoms with E-state index in [0.717, 1.165) is 10.8 Å². The topological polar surface area (TPSA) is 80.2 Å². The minimum Gasteiger partial charge on any atom is -0.391 e. The molecule has 2 aromatic rings. The van der Waals surface area contributed by atoms with Gasteiger partial charge in [0, 0.05) is 29.8 Å². The van der Waals surface area contributed by atoms with Gasteiger partial charge in [-0.15, -0.1) is 10.2 Å². The van der Waals surface area contributed by atoms with Crippen LogP contribution in [0.15, 0.2) is 18.5 Å². The number of hydrogen-bond acceptors (Lipinski definition) is 6. The molecule has 2 N–H and O–H groups in total. The standard InChI is InChI=1S/C12H13ClN4O2/c13-11-7-1-3-14-5-8(7)12(17-16-11)15-9-6-19-4-2-10(9)18/h1,3,5,9-10,18H,2,4,6H2,(H,15,17)/t9-,10-/m1/s1. The predicted molar refractivity (Wildman–Crippen MR) is 71.2 cm³/mol. The average molecular weight is 281 g/mol. The van der Waals surface area contributed by atoms with Crippen molar-refractivity contribution in [3.05, 3.63) is 23.6 Å². The van der Waals surface area contributed by atoms with E-state index in [9.17, 15) is 5.11 Å². The number of halogens is 1. The summed E-state index contributed by atoms with van der Waals surface area (Å²) in [7, 11) is 0. The van der Waals surface area contributed by atoms with E-state index in [1.165, 1.54) is 0 Å². The van der Waals surface area contributed by atoms with Gasteiger partial charge in [-0.05, 0) is 12.5 Å². The van der Waals surface area contributed by atoms with Gasteiger partial charge in [-0.25, -0.2) is 0 Å². The first-order valence-corrected chi connectivity index (χ1v) is 6.42. The first-order chi connectivity index (χ1) is 9.25. The number of ether oxygens (including phenoxy) is 1. The van der Waals surface area contributed by atoms with Crippen LogP contribution in [0.4, 0.5) is 5.82 Å². The fourth-order valence-electron chi connectivity index (χ4n) is 2.11. The summed E-state index contributed by atoms with van der Waals surface area (Å²) in [6.45, 7) is 1.02. The molecule has 1 saturated heterocycles. The molecule has 2 aromatic heterocycles. The Bertz CT molecular complexity index is 595. The van der Waals surface area contributed by atoms with Crippen LogP contribution in [0, 0.1) is 0 Å². The Morgan fingerprint density at radius 3 is 3.11 bits per heavy atom. The summed E-state index contributed by atoms with van der Waals surface area (Å²) in [5.74, 6) is 0.557. The second kappa shape index (κ2) is 5.24. The van der Waals surface area contributed by atoms with Crippen LogP contribution in [-0.2, 0) is 4.74 Å². The molecule has 0 amide bonds. The maximum atomic E-state index is 9.92. The number of nitrogens with zero attached hydrogens (tertiary/aromatic N) is 3. The third-order valence-electron chi connectivity index (χ3n) is 3.18. The summed E-state index contributed by atoms with van der Waals surface area (Å²) >= 11 is 6.00. The van der Waals surface area contributed by atoms with Gasteiger partial charge in [0.15, 0.2) is 11.0 Å². The normalized spacial score (nSPS) is 23.5. The van der Waals surface area contributed by atoms with Crippen LogP contribution >= 0.6 is 11.6 Å². The first kappa shape index (κ1) is 12.5. The van der Waals surface area contributed by atoms with Crippen molar-refractivity contribution in [2.45, 2.75) is 18.6 Å². The van der Waals surface area contributed by atoms with Crippen molar-refractivity contribution < 1.29 is 9.84 Å².